The molecule has 0 spiro atoms. The van der Waals surface area contributed by atoms with E-state index in [0.717, 1.165) is 42.1 Å². The molecule has 3 rings (SSSR count). The molecule has 0 aliphatic carbocycles. The summed E-state index contributed by atoms with van der Waals surface area (Å²) in [6.07, 6.45) is 1.18. The number of nitrogens with one attached hydrogen (secondary N) is 1. The molecule has 1 aliphatic rings. The van der Waals surface area contributed by atoms with Gasteiger partial charge in [-0.25, -0.2) is 0 Å². The Kier molecular flexibility index (Phi) is 5.48. The predicted octanol–water partition coefficient (Wildman–Crippen LogP) is 2.64. The average molecular weight is 355 g/mol. The molecule has 1 heterocycles. The van der Waals surface area contributed by atoms with Gasteiger partial charge in [-0.05, 0) is 31.2 Å². The molecule has 7 nitrogen and oxygen atoms in total. The Bertz CT molecular complexity index is 805. The van der Waals surface area contributed by atoms with Crippen LogP contribution in [0.25, 0.3) is 0 Å². The van der Waals surface area contributed by atoms with Crippen LogP contribution in [0.1, 0.15) is 11.1 Å². The molecule has 0 saturated heterocycles. The highest BCUT2D eigenvalue weighted by atomic mass is 16.6. The molecule has 0 saturated carbocycles. The Balaban J connectivity index is 1.44. The van der Waals surface area contributed by atoms with E-state index in [2.05, 4.69) is 10.2 Å². The van der Waals surface area contributed by atoms with Gasteiger partial charge in [0.15, 0.2) is 0 Å². The number of anilines is 1. The number of non-ortho nitro benzene ring substituents is 1. The van der Waals surface area contributed by atoms with Crippen molar-refractivity contribution in [3.05, 3.63) is 63.7 Å². The molecule has 1 amide bonds. The molecule has 1 aliphatic heterocycles. The average Bonchev–Trinajstić information content (AvgIpc) is 3.01. The number of nitro groups is 1. The number of fused-ring (bicyclic) bond motifs is 1. The van der Waals surface area contributed by atoms with E-state index in [1.807, 2.05) is 25.2 Å². The highest BCUT2D eigenvalue weighted by molar-refractivity contribution is 6.00. The van der Waals surface area contributed by atoms with Gasteiger partial charge in [0.1, 0.15) is 12.4 Å². The highest BCUT2D eigenvalue weighted by Crippen LogP contribution is 2.31. The van der Waals surface area contributed by atoms with E-state index in [1.54, 1.807) is 12.1 Å². The summed E-state index contributed by atoms with van der Waals surface area (Å²) >= 11 is 0. The summed E-state index contributed by atoms with van der Waals surface area (Å²) in [5, 5.41) is 13.5. The largest absolute Gasteiger partial charge is 0.492 e. The van der Waals surface area contributed by atoms with Crippen molar-refractivity contribution >= 4 is 17.3 Å². The van der Waals surface area contributed by atoms with Crippen LogP contribution in [-0.4, -0.2) is 42.5 Å². The number of hydrogen-bond donors (Lipinski definition) is 1. The van der Waals surface area contributed by atoms with Gasteiger partial charge in [0.2, 0.25) is 5.91 Å². The molecule has 7 heteroatoms. The van der Waals surface area contributed by atoms with Gasteiger partial charge in [0, 0.05) is 36.5 Å². The monoisotopic (exact) mass is 355 g/mol. The molecule has 2 aromatic carbocycles. The first-order valence-corrected chi connectivity index (χ1v) is 8.49. The second-order valence-corrected chi connectivity index (χ2v) is 6.33. The van der Waals surface area contributed by atoms with E-state index in [9.17, 15) is 14.9 Å². The second-order valence-electron chi connectivity index (χ2n) is 6.33. The van der Waals surface area contributed by atoms with Gasteiger partial charge in [0.05, 0.1) is 11.3 Å². The molecule has 0 radical (unpaired) electrons. The van der Waals surface area contributed by atoms with Crippen LogP contribution in [0.4, 0.5) is 11.4 Å². The fraction of sp³-hybridized carbons (Fsp3) is 0.316. The van der Waals surface area contributed by atoms with E-state index >= 15 is 0 Å². The summed E-state index contributed by atoms with van der Waals surface area (Å²) in [5.41, 5.74) is 2.93. The number of hydrogen-bond acceptors (Lipinski definition) is 5. The molecular weight excluding hydrogens is 334 g/mol. The minimum Gasteiger partial charge on any atom is -0.492 e. The Morgan fingerprint density at radius 3 is 2.69 bits per heavy atom. The molecule has 0 bridgehead atoms. The van der Waals surface area contributed by atoms with E-state index in [0.29, 0.717) is 13.0 Å². The van der Waals surface area contributed by atoms with Crippen LogP contribution in [0.2, 0.25) is 0 Å². The Labute approximate surface area is 151 Å². The smallest absolute Gasteiger partial charge is 0.269 e. The number of benzene rings is 2. The fourth-order valence-corrected chi connectivity index (χ4v) is 2.88. The first kappa shape index (κ1) is 17.9. The van der Waals surface area contributed by atoms with Gasteiger partial charge in [0.25, 0.3) is 5.69 Å². The lowest BCUT2D eigenvalue weighted by molar-refractivity contribution is -0.384. The van der Waals surface area contributed by atoms with Crippen LogP contribution < -0.4 is 10.1 Å². The summed E-state index contributed by atoms with van der Waals surface area (Å²) in [4.78, 5) is 23.9. The maximum absolute atomic E-state index is 11.5. The number of ether oxygens (including phenoxy) is 1. The van der Waals surface area contributed by atoms with Crippen LogP contribution >= 0.6 is 0 Å². The first-order valence-electron chi connectivity index (χ1n) is 8.49. The Morgan fingerprint density at radius 2 is 1.96 bits per heavy atom. The van der Waals surface area contributed by atoms with E-state index in [1.165, 1.54) is 12.1 Å². The molecule has 1 N–H and O–H groups in total. The van der Waals surface area contributed by atoms with E-state index in [-0.39, 0.29) is 11.6 Å². The third-order valence-electron chi connectivity index (χ3n) is 4.40. The molecule has 136 valence electrons. The van der Waals surface area contributed by atoms with Crippen molar-refractivity contribution in [2.75, 3.05) is 32.1 Å². The Morgan fingerprint density at radius 1 is 1.19 bits per heavy atom. The van der Waals surface area contributed by atoms with Crippen molar-refractivity contribution in [2.45, 2.75) is 12.8 Å². The van der Waals surface area contributed by atoms with Crippen molar-refractivity contribution in [1.82, 2.24) is 4.90 Å². The van der Waals surface area contributed by atoms with Gasteiger partial charge >= 0.3 is 0 Å². The minimum absolute atomic E-state index is 0.00346. The number of nitro benzene ring substituents is 1. The van der Waals surface area contributed by atoms with Gasteiger partial charge < -0.3 is 15.0 Å². The normalized spacial score (nSPS) is 12.8. The van der Waals surface area contributed by atoms with E-state index in [4.69, 9.17) is 4.74 Å². The van der Waals surface area contributed by atoms with E-state index < -0.39 is 4.92 Å². The number of likely N-dealkylation sites (N-methyl/N-ethyl adjacent to an activating group) is 1. The maximum atomic E-state index is 11.5. The summed E-state index contributed by atoms with van der Waals surface area (Å²) in [6.45, 7) is 2.10. The summed E-state index contributed by atoms with van der Waals surface area (Å²) in [6, 6.07) is 12.3. The Hall–Kier alpha value is -2.93. The van der Waals surface area contributed by atoms with Gasteiger partial charge in [-0.3, -0.25) is 14.9 Å². The SMILES string of the molecule is CN(CCOc1cccc2c1CC(=O)N2)CCc1ccc([N+](=O)[O-])cc1. The predicted molar refractivity (Wildman–Crippen MR) is 98.6 cm³/mol. The summed E-state index contributed by atoms with van der Waals surface area (Å²) in [5.74, 6) is 0.751. The minimum atomic E-state index is -0.392. The lowest BCUT2D eigenvalue weighted by atomic mass is 10.1. The first-order chi connectivity index (χ1) is 12.5. The van der Waals surface area contributed by atoms with Crippen LogP contribution in [0.5, 0.6) is 5.75 Å². The van der Waals surface area contributed by atoms with Gasteiger partial charge in [-0.1, -0.05) is 18.2 Å². The van der Waals surface area contributed by atoms with Crippen molar-refractivity contribution in [3.8, 4) is 5.75 Å². The number of carbonyl (C=O) groups excluding carboxylic acids is 1. The molecular formula is C19H21N3O4. The number of rotatable bonds is 8. The van der Waals surface area contributed by atoms with Crippen LogP contribution in [0, 0.1) is 10.1 Å². The topological polar surface area (TPSA) is 84.7 Å². The third kappa shape index (κ3) is 4.37. The number of carbonyl (C=O) groups is 1. The zero-order chi connectivity index (χ0) is 18.5. The molecule has 0 aromatic heterocycles. The van der Waals surface area contributed by atoms with Gasteiger partial charge in [-0.2, -0.15) is 0 Å². The van der Waals surface area contributed by atoms with Crippen molar-refractivity contribution in [1.29, 1.82) is 0 Å². The number of nitrogens with zero attached hydrogens (tertiary/aromatic N) is 2. The maximum Gasteiger partial charge on any atom is 0.269 e. The molecule has 26 heavy (non-hydrogen) atoms. The molecule has 0 unspecified atom stereocenters. The van der Waals surface area contributed by atoms with Gasteiger partial charge in [-0.15, -0.1) is 0 Å². The lowest BCUT2D eigenvalue weighted by Gasteiger charge is -2.17. The zero-order valence-corrected chi connectivity index (χ0v) is 14.6. The van der Waals surface area contributed by atoms with Crippen molar-refractivity contribution < 1.29 is 14.5 Å². The molecule has 0 atom stereocenters. The second kappa shape index (κ2) is 7.97. The van der Waals surface area contributed by atoms with Crippen molar-refractivity contribution in [3.63, 3.8) is 0 Å². The zero-order valence-electron chi connectivity index (χ0n) is 14.6. The van der Waals surface area contributed by atoms with Crippen LogP contribution in [-0.2, 0) is 17.6 Å². The standard InChI is InChI=1S/C19H21N3O4/c1-21(10-9-14-5-7-15(8-6-14)22(24)25)11-12-26-18-4-2-3-17-16(18)13-19(23)20-17/h2-8H,9-13H2,1H3,(H,20,23). The third-order valence-corrected chi connectivity index (χ3v) is 4.40. The molecule has 0 fully saturated rings. The van der Waals surface area contributed by atoms with Crippen LogP contribution in [0.3, 0.4) is 0 Å². The highest BCUT2D eigenvalue weighted by Gasteiger charge is 2.21. The number of amides is 1. The molecule has 2 aromatic rings. The summed E-state index contributed by atoms with van der Waals surface area (Å²) < 4.78 is 5.85. The lowest BCUT2D eigenvalue weighted by Crippen LogP contribution is -2.26. The quantitative estimate of drug-likeness (QED) is 0.581. The van der Waals surface area contributed by atoms with Crippen LogP contribution in [0.15, 0.2) is 42.5 Å². The van der Waals surface area contributed by atoms with Crippen molar-refractivity contribution in [2.24, 2.45) is 0 Å². The summed E-state index contributed by atoms with van der Waals surface area (Å²) in [7, 11) is 2.01. The fourth-order valence-electron chi connectivity index (χ4n) is 2.88.